The van der Waals surface area contributed by atoms with Crippen molar-refractivity contribution in [2.24, 2.45) is 0 Å². The molecule has 1 heterocycles. The normalized spacial score (nSPS) is 13.9. The quantitative estimate of drug-likeness (QED) is 0.840. The molecule has 0 spiro atoms. The summed E-state index contributed by atoms with van der Waals surface area (Å²) < 4.78 is 37.3. The monoisotopic (exact) mass is 218 g/mol. The number of nitrogens with one attached hydrogen (secondary N) is 1. The molecule has 0 aliphatic heterocycles. The molecule has 0 bridgehead atoms. The predicted octanol–water partition coefficient (Wildman–Crippen LogP) is 2.08. The van der Waals surface area contributed by atoms with Crippen molar-refractivity contribution in [3.63, 3.8) is 0 Å². The van der Waals surface area contributed by atoms with Gasteiger partial charge in [0.25, 0.3) is 0 Å². The second-order valence-corrected chi connectivity index (χ2v) is 3.35. The number of alkyl halides is 3. The fourth-order valence-electron chi connectivity index (χ4n) is 1.31. The van der Waals surface area contributed by atoms with E-state index in [1.807, 2.05) is 0 Å². The first-order valence-corrected chi connectivity index (χ1v) is 4.59. The van der Waals surface area contributed by atoms with Crippen LogP contribution in [0.1, 0.15) is 11.3 Å². The van der Waals surface area contributed by atoms with Gasteiger partial charge in [0, 0.05) is 18.3 Å². The Morgan fingerprint density at radius 2 is 2.13 bits per heavy atom. The standard InChI is InChI=1S/C10H13F3N2/c1-7-4-3-5-15-8(7)6-9(14-2)10(11,12)13/h3-5,9,14H,6H2,1-2H3. The van der Waals surface area contributed by atoms with Crippen LogP contribution in [0.4, 0.5) is 13.2 Å². The second-order valence-electron chi connectivity index (χ2n) is 3.35. The Bertz CT molecular complexity index is 323. The predicted molar refractivity (Wildman–Crippen MR) is 51.6 cm³/mol. The molecule has 1 aromatic rings. The number of hydrogen-bond donors (Lipinski definition) is 1. The summed E-state index contributed by atoms with van der Waals surface area (Å²) in [5, 5.41) is 2.25. The van der Waals surface area contributed by atoms with Crippen LogP contribution >= 0.6 is 0 Å². The van der Waals surface area contributed by atoms with E-state index in [0.717, 1.165) is 5.56 Å². The Morgan fingerprint density at radius 1 is 1.47 bits per heavy atom. The van der Waals surface area contributed by atoms with Gasteiger partial charge in [0.1, 0.15) is 6.04 Å². The molecule has 15 heavy (non-hydrogen) atoms. The molecule has 0 saturated carbocycles. The van der Waals surface area contributed by atoms with E-state index in [0.29, 0.717) is 5.69 Å². The lowest BCUT2D eigenvalue weighted by molar-refractivity contribution is -0.154. The first-order chi connectivity index (χ1) is 6.95. The van der Waals surface area contributed by atoms with Crippen LogP contribution in [0.3, 0.4) is 0 Å². The van der Waals surface area contributed by atoms with E-state index in [4.69, 9.17) is 0 Å². The Morgan fingerprint density at radius 3 is 2.60 bits per heavy atom. The van der Waals surface area contributed by atoms with E-state index >= 15 is 0 Å². The number of hydrogen-bond acceptors (Lipinski definition) is 2. The van der Waals surface area contributed by atoms with Gasteiger partial charge >= 0.3 is 6.18 Å². The summed E-state index contributed by atoms with van der Waals surface area (Å²) in [4.78, 5) is 3.94. The molecule has 0 amide bonds. The van der Waals surface area contributed by atoms with E-state index in [2.05, 4.69) is 10.3 Å². The second kappa shape index (κ2) is 4.61. The van der Waals surface area contributed by atoms with Crippen LogP contribution in [-0.2, 0) is 6.42 Å². The van der Waals surface area contributed by atoms with E-state index in [9.17, 15) is 13.2 Å². The average Bonchev–Trinajstić information content (AvgIpc) is 2.14. The molecule has 1 atom stereocenters. The SMILES string of the molecule is CNC(Cc1ncccc1C)C(F)(F)F. The van der Waals surface area contributed by atoms with E-state index < -0.39 is 12.2 Å². The van der Waals surface area contributed by atoms with Crippen molar-refractivity contribution in [2.75, 3.05) is 7.05 Å². The summed E-state index contributed by atoms with van der Waals surface area (Å²) in [7, 11) is 1.30. The zero-order chi connectivity index (χ0) is 11.5. The number of aromatic nitrogens is 1. The third-order valence-corrected chi connectivity index (χ3v) is 2.26. The van der Waals surface area contributed by atoms with Crippen LogP contribution < -0.4 is 5.32 Å². The van der Waals surface area contributed by atoms with Crippen LogP contribution in [0.5, 0.6) is 0 Å². The molecule has 0 aliphatic carbocycles. The maximum Gasteiger partial charge on any atom is 0.404 e. The van der Waals surface area contributed by atoms with E-state index in [1.54, 1.807) is 19.1 Å². The molecular formula is C10H13F3N2. The molecule has 0 aromatic carbocycles. The fraction of sp³-hybridized carbons (Fsp3) is 0.500. The maximum atomic E-state index is 12.4. The lowest BCUT2D eigenvalue weighted by atomic mass is 10.1. The molecule has 1 N–H and O–H groups in total. The van der Waals surface area contributed by atoms with Crippen molar-refractivity contribution in [1.29, 1.82) is 0 Å². The summed E-state index contributed by atoms with van der Waals surface area (Å²) in [5.74, 6) is 0. The van der Waals surface area contributed by atoms with Crippen LogP contribution in [0.15, 0.2) is 18.3 Å². The van der Waals surface area contributed by atoms with Crippen molar-refractivity contribution < 1.29 is 13.2 Å². The highest BCUT2D eigenvalue weighted by molar-refractivity contribution is 5.18. The highest BCUT2D eigenvalue weighted by atomic mass is 19.4. The van der Waals surface area contributed by atoms with Gasteiger partial charge in [-0.05, 0) is 25.6 Å². The number of rotatable bonds is 3. The Hall–Kier alpha value is -1.10. The molecule has 84 valence electrons. The molecule has 1 rings (SSSR count). The molecule has 0 saturated heterocycles. The topological polar surface area (TPSA) is 24.9 Å². The maximum absolute atomic E-state index is 12.4. The minimum atomic E-state index is -4.24. The van der Waals surface area contributed by atoms with Crippen LogP contribution in [0.2, 0.25) is 0 Å². The first-order valence-electron chi connectivity index (χ1n) is 4.59. The lowest BCUT2D eigenvalue weighted by Gasteiger charge is -2.19. The molecule has 5 heteroatoms. The number of pyridine rings is 1. The number of nitrogens with zero attached hydrogens (tertiary/aromatic N) is 1. The Labute approximate surface area is 86.5 Å². The zero-order valence-corrected chi connectivity index (χ0v) is 8.60. The van der Waals surface area contributed by atoms with Crippen LogP contribution in [0, 0.1) is 6.92 Å². The number of likely N-dealkylation sites (N-methyl/N-ethyl adjacent to an activating group) is 1. The van der Waals surface area contributed by atoms with Crippen molar-refractivity contribution in [3.8, 4) is 0 Å². The number of aryl methyl sites for hydroxylation is 1. The lowest BCUT2D eigenvalue weighted by Crippen LogP contribution is -2.42. The van der Waals surface area contributed by atoms with Gasteiger partial charge < -0.3 is 5.32 Å². The summed E-state index contributed by atoms with van der Waals surface area (Å²) >= 11 is 0. The van der Waals surface area contributed by atoms with Crippen LogP contribution in [0.25, 0.3) is 0 Å². The highest BCUT2D eigenvalue weighted by Crippen LogP contribution is 2.23. The third-order valence-electron chi connectivity index (χ3n) is 2.26. The summed E-state index contributed by atoms with van der Waals surface area (Å²) in [6.07, 6.45) is -2.86. The van der Waals surface area contributed by atoms with Crippen molar-refractivity contribution in [2.45, 2.75) is 25.6 Å². The summed E-state index contributed by atoms with van der Waals surface area (Å²) in [6, 6.07) is 1.93. The largest absolute Gasteiger partial charge is 0.404 e. The van der Waals surface area contributed by atoms with E-state index in [1.165, 1.54) is 13.2 Å². The average molecular weight is 218 g/mol. The fourth-order valence-corrected chi connectivity index (χ4v) is 1.31. The molecule has 0 radical (unpaired) electrons. The molecule has 0 aliphatic rings. The Balaban J connectivity index is 2.80. The third kappa shape index (κ3) is 3.20. The van der Waals surface area contributed by atoms with Gasteiger partial charge in [-0.15, -0.1) is 0 Å². The molecule has 1 unspecified atom stereocenters. The van der Waals surface area contributed by atoms with E-state index in [-0.39, 0.29) is 6.42 Å². The van der Waals surface area contributed by atoms with Crippen molar-refractivity contribution in [3.05, 3.63) is 29.6 Å². The smallest absolute Gasteiger partial charge is 0.309 e. The summed E-state index contributed by atoms with van der Waals surface area (Å²) in [5.41, 5.74) is 1.26. The Kier molecular flexibility index (Phi) is 3.68. The van der Waals surface area contributed by atoms with Crippen molar-refractivity contribution >= 4 is 0 Å². The van der Waals surface area contributed by atoms with Gasteiger partial charge in [0.2, 0.25) is 0 Å². The number of halogens is 3. The van der Waals surface area contributed by atoms with Crippen molar-refractivity contribution in [1.82, 2.24) is 10.3 Å². The minimum absolute atomic E-state index is 0.132. The molecular weight excluding hydrogens is 205 g/mol. The first kappa shape index (κ1) is 12.0. The highest BCUT2D eigenvalue weighted by Gasteiger charge is 2.38. The molecule has 0 fully saturated rings. The summed E-state index contributed by atoms with van der Waals surface area (Å²) in [6.45, 7) is 1.76. The van der Waals surface area contributed by atoms with Gasteiger partial charge in [-0.2, -0.15) is 13.2 Å². The zero-order valence-electron chi connectivity index (χ0n) is 8.60. The van der Waals surface area contributed by atoms with Gasteiger partial charge in [0.05, 0.1) is 0 Å². The molecule has 2 nitrogen and oxygen atoms in total. The van der Waals surface area contributed by atoms with Gasteiger partial charge in [-0.3, -0.25) is 4.98 Å². The van der Waals surface area contributed by atoms with Gasteiger partial charge in [0.15, 0.2) is 0 Å². The minimum Gasteiger partial charge on any atom is -0.309 e. The van der Waals surface area contributed by atoms with Crippen LogP contribution in [-0.4, -0.2) is 24.2 Å². The van der Waals surface area contributed by atoms with Gasteiger partial charge in [-0.25, -0.2) is 0 Å². The van der Waals surface area contributed by atoms with Gasteiger partial charge in [-0.1, -0.05) is 6.07 Å². The molecule has 1 aromatic heterocycles.